The number of nitrogens with zero attached hydrogens (tertiary/aromatic N) is 1. The van der Waals surface area contributed by atoms with Crippen molar-refractivity contribution in [2.75, 3.05) is 5.32 Å². The summed E-state index contributed by atoms with van der Waals surface area (Å²) >= 11 is 6.82. The lowest BCUT2D eigenvalue weighted by molar-refractivity contribution is -0.385. The van der Waals surface area contributed by atoms with Crippen LogP contribution in [0.3, 0.4) is 0 Å². The van der Waals surface area contributed by atoms with Crippen LogP contribution in [-0.2, 0) is 0 Å². The van der Waals surface area contributed by atoms with Crippen molar-refractivity contribution in [2.45, 2.75) is 0 Å². The molecule has 3 N–H and O–H groups in total. The molecule has 2 aromatic rings. The van der Waals surface area contributed by atoms with Gasteiger partial charge in [0, 0.05) is 0 Å². The van der Waals surface area contributed by atoms with Crippen molar-refractivity contribution in [1.29, 1.82) is 0 Å². The van der Waals surface area contributed by atoms with Crippen LogP contribution in [0.1, 0.15) is 20.7 Å². The van der Waals surface area contributed by atoms with Gasteiger partial charge in [0.1, 0.15) is 15.6 Å². The Kier molecular flexibility index (Phi) is 4.20. The monoisotopic (exact) mass is 325 g/mol. The molecular formula is C12H8ClN3O4S. The summed E-state index contributed by atoms with van der Waals surface area (Å²) in [5.74, 6) is -1.44. The fourth-order valence-electron chi connectivity index (χ4n) is 1.65. The van der Waals surface area contributed by atoms with E-state index in [1.54, 1.807) is 5.38 Å². The summed E-state index contributed by atoms with van der Waals surface area (Å²) in [4.78, 5) is 33.6. The molecule has 21 heavy (non-hydrogen) atoms. The van der Waals surface area contributed by atoms with Crippen molar-refractivity contribution < 1.29 is 14.5 Å². The van der Waals surface area contributed by atoms with Gasteiger partial charge in [-0.1, -0.05) is 17.7 Å². The molecule has 0 fully saturated rings. The van der Waals surface area contributed by atoms with Crippen LogP contribution in [0, 0.1) is 10.1 Å². The Morgan fingerprint density at radius 1 is 1.29 bits per heavy atom. The number of rotatable bonds is 4. The molecule has 2 rings (SSSR count). The van der Waals surface area contributed by atoms with Crippen LogP contribution in [0.25, 0.3) is 0 Å². The van der Waals surface area contributed by atoms with Crippen molar-refractivity contribution in [3.63, 3.8) is 0 Å². The van der Waals surface area contributed by atoms with Gasteiger partial charge >= 0.3 is 5.69 Å². The Morgan fingerprint density at radius 2 is 2.00 bits per heavy atom. The SMILES string of the molecule is NC(=O)c1ccsc1NC(=O)c1cccc(Cl)c1[N+](=O)[O-]. The molecule has 108 valence electrons. The number of thiophene rings is 1. The lowest BCUT2D eigenvalue weighted by Crippen LogP contribution is -2.17. The average molecular weight is 326 g/mol. The van der Waals surface area contributed by atoms with E-state index in [1.807, 2.05) is 0 Å². The maximum atomic E-state index is 12.1. The van der Waals surface area contributed by atoms with Crippen molar-refractivity contribution >= 4 is 45.4 Å². The van der Waals surface area contributed by atoms with E-state index in [0.29, 0.717) is 0 Å². The Balaban J connectivity index is 2.38. The van der Waals surface area contributed by atoms with Gasteiger partial charge in [-0.05, 0) is 23.6 Å². The first kappa shape index (κ1) is 14.9. The number of nitrogens with one attached hydrogen (secondary N) is 1. The van der Waals surface area contributed by atoms with E-state index < -0.39 is 22.4 Å². The van der Waals surface area contributed by atoms with Crippen LogP contribution >= 0.6 is 22.9 Å². The van der Waals surface area contributed by atoms with Crippen LogP contribution < -0.4 is 11.1 Å². The Hall–Kier alpha value is -2.45. The number of benzene rings is 1. The lowest BCUT2D eigenvalue weighted by Gasteiger charge is -2.06. The standard InChI is InChI=1S/C12H8ClN3O4S/c13-8-3-1-2-6(9(8)16(19)20)11(18)15-12-7(10(14)17)4-5-21-12/h1-5H,(H2,14,17)(H,15,18). The molecule has 0 radical (unpaired) electrons. The van der Waals surface area contributed by atoms with E-state index in [2.05, 4.69) is 5.32 Å². The number of hydrogen-bond acceptors (Lipinski definition) is 5. The molecule has 0 spiro atoms. The lowest BCUT2D eigenvalue weighted by atomic mass is 10.1. The molecule has 0 saturated heterocycles. The molecular weight excluding hydrogens is 318 g/mol. The van der Waals surface area contributed by atoms with Crippen LogP contribution in [0.5, 0.6) is 0 Å². The van der Waals surface area contributed by atoms with E-state index in [-0.39, 0.29) is 21.2 Å². The molecule has 0 unspecified atom stereocenters. The topological polar surface area (TPSA) is 115 Å². The summed E-state index contributed by atoms with van der Waals surface area (Å²) in [6.07, 6.45) is 0. The molecule has 0 saturated carbocycles. The predicted octanol–water partition coefficient (Wildman–Crippen LogP) is 2.66. The third-order valence-corrected chi connectivity index (χ3v) is 3.71. The summed E-state index contributed by atoms with van der Waals surface area (Å²) in [7, 11) is 0. The van der Waals surface area contributed by atoms with E-state index in [1.165, 1.54) is 24.3 Å². The second-order valence-electron chi connectivity index (χ2n) is 3.87. The number of nitro groups is 1. The summed E-state index contributed by atoms with van der Waals surface area (Å²) in [5.41, 5.74) is 4.61. The highest BCUT2D eigenvalue weighted by Crippen LogP contribution is 2.30. The highest BCUT2D eigenvalue weighted by Gasteiger charge is 2.24. The van der Waals surface area contributed by atoms with Crippen LogP contribution in [0.2, 0.25) is 5.02 Å². The molecule has 0 atom stereocenters. The van der Waals surface area contributed by atoms with Gasteiger partial charge in [0.2, 0.25) is 0 Å². The second kappa shape index (κ2) is 5.90. The molecule has 0 aliphatic heterocycles. The van der Waals surface area contributed by atoms with Gasteiger partial charge in [0.15, 0.2) is 0 Å². The van der Waals surface area contributed by atoms with Crippen molar-refractivity contribution in [3.8, 4) is 0 Å². The fraction of sp³-hybridized carbons (Fsp3) is 0. The molecule has 0 aliphatic rings. The van der Waals surface area contributed by atoms with Gasteiger partial charge in [-0.2, -0.15) is 0 Å². The quantitative estimate of drug-likeness (QED) is 0.664. The number of anilines is 1. The van der Waals surface area contributed by atoms with Gasteiger partial charge in [0.05, 0.1) is 10.5 Å². The number of amides is 2. The van der Waals surface area contributed by atoms with Crippen LogP contribution in [-0.4, -0.2) is 16.7 Å². The summed E-state index contributed by atoms with van der Waals surface area (Å²) < 4.78 is 0. The maximum Gasteiger partial charge on any atom is 0.300 e. The minimum absolute atomic E-state index is 0.137. The molecule has 1 aromatic heterocycles. The zero-order valence-corrected chi connectivity index (χ0v) is 11.9. The highest BCUT2D eigenvalue weighted by atomic mass is 35.5. The maximum absolute atomic E-state index is 12.1. The molecule has 0 aliphatic carbocycles. The first-order valence-corrected chi connectivity index (χ1v) is 6.79. The van der Waals surface area contributed by atoms with Crippen molar-refractivity contribution in [2.24, 2.45) is 5.73 Å². The number of primary amides is 1. The third kappa shape index (κ3) is 3.01. The van der Waals surface area contributed by atoms with Crippen LogP contribution in [0.15, 0.2) is 29.6 Å². The van der Waals surface area contributed by atoms with E-state index >= 15 is 0 Å². The number of halogens is 1. The van der Waals surface area contributed by atoms with E-state index in [4.69, 9.17) is 17.3 Å². The smallest absolute Gasteiger partial charge is 0.300 e. The Bertz CT molecular complexity index is 744. The van der Waals surface area contributed by atoms with Gasteiger partial charge in [0.25, 0.3) is 11.8 Å². The number of hydrogen-bond donors (Lipinski definition) is 2. The van der Waals surface area contributed by atoms with Gasteiger partial charge < -0.3 is 11.1 Å². The summed E-state index contributed by atoms with van der Waals surface area (Å²) in [5, 5.41) is 15.1. The zero-order chi connectivity index (χ0) is 15.6. The number of nitro benzene ring substituents is 1. The second-order valence-corrected chi connectivity index (χ2v) is 5.20. The Labute approximate surface area is 127 Å². The average Bonchev–Trinajstić information content (AvgIpc) is 2.86. The van der Waals surface area contributed by atoms with E-state index in [9.17, 15) is 19.7 Å². The van der Waals surface area contributed by atoms with Gasteiger partial charge in [-0.15, -0.1) is 11.3 Å². The molecule has 0 bridgehead atoms. The summed E-state index contributed by atoms with van der Waals surface area (Å²) in [6, 6.07) is 5.47. The molecule has 1 aromatic carbocycles. The number of carbonyl (C=O) groups excluding carboxylic acids is 2. The normalized spacial score (nSPS) is 10.1. The fourth-order valence-corrected chi connectivity index (χ4v) is 2.69. The van der Waals surface area contributed by atoms with Gasteiger partial charge in [-0.3, -0.25) is 19.7 Å². The van der Waals surface area contributed by atoms with Crippen molar-refractivity contribution in [1.82, 2.24) is 0 Å². The summed E-state index contributed by atoms with van der Waals surface area (Å²) in [6.45, 7) is 0. The first-order valence-electron chi connectivity index (χ1n) is 5.53. The highest BCUT2D eigenvalue weighted by molar-refractivity contribution is 7.14. The molecule has 1 heterocycles. The zero-order valence-electron chi connectivity index (χ0n) is 10.3. The van der Waals surface area contributed by atoms with Crippen LogP contribution in [0.4, 0.5) is 10.7 Å². The number of carbonyl (C=O) groups is 2. The molecule has 9 heteroatoms. The number of nitrogens with two attached hydrogens (primary N) is 1. The van der Waals surface area contributed by atoms with E-state index in [0.717, 1.165) is 11.3 Å². The Morgan fingerprint density at radius 3 is 2.62 bits per heavy atom. The molecule has 7 nitrogen and oxygen atoms in total. The molecule has 2 amide bonds. The third-order valence-electron chi connectivity index (χ3n) is 2.57. The first-order chi connectivity index (χ1) is 9.91. The van der Waals surface area contributed by atoms with Crippen molar-refractivity contribution in [3.05, 3.63) is 55.9 Å². The predicted molar refractivity (Wildman–Crippen MR) is 78.9 cm³/mol. The van der Waals surface area contributed by atoms with Gasteiger partial charge in [-0.25, -0.2) is 0 Å². The minimum Gasteiger partial charge on any atom is -0.366 e. The number of para-hydroxylation sites is 1. The minimum atomic E-state index is -0.742. The largest absolute Gasteiger partial charge is 0.366 e.